The van der Waals surface area contributed by atoms with E-state index in [1.54, 1.807) is 12.3 Å². The fourth-order valence-electron chi connectivity index (χ4n) is 3.43. The summed E-state index contributed by atoms with van der Waals surface area (Å²) in [7, 11) is 0. The maximum Gasteiger partial charge on any atom is 0.258 e. The number of hydrogen-bond acceptors (Lipinski definition) is 5. The van der Waals surface area contributed by atoms with E-state index in [4.69, 9.17) is 9.40 Å². The number of para-hydroxylation sites is 1. The molecule has 1 aliphatic heterocycles. The number of oxazole rings is 1. The minimum atomic E-state index is -0.0781. The molecule has 1 saturated heterocycles. The molecule has 1 N–H and O–H groups in total. The van der Waals surface area contributed by atoms with Gasteiger partial charge in [-0.1, -0.05) is 26.0 Å². The Hall–Kier alpha value is -2.47. The number of rotatable bonds is 4. The van der Waals surface area contributed by atoms with Gasteiger partial charge < -0.3 is 9.40 Å². The quantitative estimate of drug-likeness (QED) is 0.789. The summed E-state index contributed by atoms with van der Waals surface area (Å²) in [6.45, 7) is 5.76. The largest absolute Gasteiger partial charge is 0.444 e. The molecule has 3 aromatic rings. The van der Waals surface area contributed by atoms with Crippen molar-refractivity contribution in [3.63, 3.8) is 0 Å². The molecule has 3 heterocycles. The topological polar surface area (TPSA) is 75.0 Å². The van der Waals surface area contributed by atoms with Crippen LogP contribution in [0.3, 0.4) is 0 Å². The summed E-state index contributed by atoms with van der Waals surface area (Å²) in [6.07, 6.45) is 3.85. The fraction of sp³-hybridized carbons (Fsp3) is 0.421. The zero-order valence-corrected chi connectivity index (χ0v) is 14.5. The zero-order chi connectivity index (χ0) is 17.4. The van der Waals surface area contributed by atoms with Crippen molar-refractivity contribution in [3.05, 3.63) is 58.3 Å². The van der Waals surface area contributed by atoms with E-state index in [2.05, 4.69) is 28.7 Å². The van der Waals surface area contributed by atoms with Gasteiger partial charge in [0.25, 0.3) is 5.56 Å². The van der Waals surface area contributed by atoms with Crippen LogP contribution in [0.4, 0.5) is 0 Å². The molecular weight excluding hydrogens is 316 g/mol. The summed E-state index contributed by atoms with van der Waals surface area (Å²) < 4.78 is 5.84. The van der Waals surface area contributed by atoms with Crippen LogP contribution in [0, 0.1) is 0 Å². The van der Waals surface area contributed by atoms with E-state index in [0.717, 1.165) is 42.4 Å². The molecule has 1 aromatic carbocycles. The Bertz CT molecular complexity index is 944. The fourth-order valence-corrected chi connectivity index (χ4v) is 3.43. The molecule has 130 valence electrons. The van der Waals surface area contributed by atoms with Crippen molar-refractivity contribution in [2.75, 3.05) is 6.54 Å². The Labute approximate surface area is 145 Å². The van der Waals surface area contributed by atoms with Crippen molar-refractivity contribution in [3.8, 4) is 0 Å². The first-order chi connectivity index (χ1) is 12.1. The van der Waals surface area contributed by atoms with Crippen LogP contribution < -0.4 is 5.56 Å². The van der Waals surface area contributed by atoms with Crippen LogP contribution in [-0.4, -0.2) is 26.4 Å². The van der Waals surface area contributed by atoms with Crippen LogP contribution in [0.2, 0.25) is 0 Å². The highest BCUT2D eigenvalue weighted by Crippen LogP contribution is 2.31. The molecule has 0 bridgehead atoms. The number of aromatic amines is 1. The molecule has 2 aromatic heterocycles. The second-order valence-electron chi connectivity index (χ2n) is 6.91. The molecule has 6 heteroatoms. The second-order valence-corrected chi connectivity index (χ2v) is 6.91. The number of benzene rings is 1. The number of aromatic nitrogens is 3. The van der Waals surface area contributed by atoms with Crippen molar-refractivity contribution < 1.29 is 4.42 Å². The average Bonchev–Trinajstić information content (AvgIpc) is 3.25. The maximum atomic E-state index is 12.4. The van der Waals surface area contributed by atoms with Crippen molar-refractivity contribution in [2.24, 2.45) is 0 Å². The van der Waals surface area contributed by atoms with Crippen molar-refractivity contribution in [1.29, 1.82) is 0 Å². The molecular formula is C19H22N4O2. The standard InChI is InChI=1S/C19H22N4O2/c1-12(2)16-10-20-17(25-16)11-23-9-5-8-15(23)18-21-14-7-4-3-6-13(14)19(24)22-18/h3-4,6-7,10,12,15H,5,8-9,11H2,1-2H3,(H,21,22,24). The van der Waals surface area contributed by atoms with E-state index in [1.807, 2.05) is 18.2 Å². The smallest absolute Gasteiger partial charge is 0.258 e. The average molecular weight is 338 g/mol. The molecule has 1 aliphatic rings. The van der Waals surface area contributed by atoms with Crippen LogP contribution in [0.5, 0.6) is 0 Å². The SMILES string of the molecule is CC(C)c1cnc(CN2CCCC2c2nc3ccccc3c(=O)[nH]2)o1. The lowest BCUT2D eigenvalue weighted by Gasteiger charge is -2.22. The highest BCUT2D eigenvalue weighted by molar-refractivity contribution is 5.77. The van der Waals surface area contributed by atoms with E-state index in [9.17, 15) is 4.79 Å². The highest BCUT2D eigenvalue weighted by atomic mass is 16.4. The van der Waals surface area contributed by atoms with E-state index in [-0.39, 0.29) is 11.6 Å². The van der Waals surface area contributed by atoms with Gasteiger partial charge in [-0.25, -0.2) is 9.97 Å². The van der Waals surface area contributed by atoms with Crippen molar-refractivity contribution in [1.82, 2.24) is 19.9 Å². The van der Waals surface area contributed by atoms with Crippen molar-refractivity contribution >= 4 is 10.9 Å². The van der Waals surface area contributed by atoms with Gasteiger partial charge in [-0.15, -0.1) is 0 Å². The Morgan fingerprint density at radius 3 is 3.00 bits per heavy atom. The number of hydrogen-bond donors (Lipinski definition) is 1. The lowest BCUT2D eigenvalue weighted by atomic mass is 10.2. The van der Waals surface area contributed by atoms with Gasteiger partial charge in [-0.3, -0.25) is 9.69 Å². The first kappa shape index (κ1) is 16.0. The van der Waals surface area contributed by atoms with E-state index >= 15 is 0 Å². The van der Waals surface area contributed by atoms with Crippen LogP contribution >= 0.6 is 0 Å². The molecule has 0 amide bonds. The third kappa shape index (κ3) is 3.09. The minimum absolute atomic E-state index is 0.0781. The molecule has 4 rings (SSSR count). The summed E-state index contributed by atoms with van der Waals surface area (Å²) in [4.78, 5) is 26.7. The highest BCUT2D eigenvalue weighted by Gasteiger charge is 2.29. The van der Waals surface area contributed by atoms with Crippen LogP contribution in [0.1, 0.15) is 56.1 Å². The summed E-state index contributed by atoms with van der Waals surface area (Å²) >= 11 is 0. The Balaban J connectivity index is 1.61. The normalized spacial score (nSPS) is 18.4. The molecule has 1 unspecified atom stereocenters. The molecule has 1 fully saturated rings. The van der Waals surface area contributed by atoms with Gasteiger partial charge in [-0.05, 0) is 31.5 Å². The van der Waals surface area contributed by atoms with Gasteiger partial charge in [-0.2, -0.15) is 0 Å². The maximum absolute atomic E-state index is 12.4. The lowest BCUT2D eigenvalue weighted by Crippen LogP contribution is -2.26. The minimum Gasteiger partial charge on any atom is -0.444 e. The first-order valence-electron chi connectivity index (χ1n) is 8.79. The van der Waals surface area contributed by atoms with Crippen molar-refractivity contribution in [2.45, 2.75) is 45.2 Å². The number of nitrogens with zero attached hydrogens (tertiary/aromatic N) is 3. The Morgan fingerprint density at radius 1 is 1.36 bits per heavy atom. The van der Waals surface area contributed by atoms with Crippen LogP contribution in [0.15, 0.2) is 39.7 Å². The number of nitrogens with one attached hydrogen (secondary N) is 1. The third-order valence-electron chi connectivity index (χ3n) is 4.79. The molecule has 25 heavy (non-hydrogen) atoms. The van der Waals surface area contributed by atoms with Gasteiger partial charge in [0.15, 0.2) is 0 Å². The first-order valence-corrected chi connectivity index (χ1v) is 8.79. The summed E-state index contributed by atoms with van der Waals surface area (Å²) in [6, 6.07) is 7.54. The predicted molar refractivity (Wildman–Crippen MR) is 95.3 cm³/mol. The van der Waals surface area contributed by atoms with E-state index in [0.29, 0.717) is 17.8 Å². The second kappa shape index (κ2) is 6.44. The number of fused-ring (bicyclic) bond motifs is 1. The number of H-pyrrole nitrogens is 1. The summed E-state index contributed by atoms with van der Waals surface area (Å²) in [5.41, 5.74) is 0.664. The van der Waals surface area contributed by atoms with Gasteiger partial charge in [0, 0.05) is 5.92 Å². The summed E-state index contributed by atoms with van der Waals surface area (Å²) in [5, 5.41) is 0.630. The number of likely N-dealkylation sites (tertiary alicyclic amines) is 1. The van der Waals surface area contributed by atoms with Gasteiger partial charge in [0.05, 0.1) is 29.7 Å². The predicted octanol–water partition coefficient (Wildman–Crippen LogP) is 3.37. The van der Waals surface area contributed by atoms with Gasteiger partial charge >= 0.3 is 0 Å². The molecule has 0 radical (unpaired) electrons. The Kier molecular flexibility index (Phi) is 4.13. The Morgan fingerprint density at radius 2 is 2.20 bits per heavy atom. The third-order valence-corrected chi connectivity index (χ3v) is 4.79. The van der Waals surface area contributed by atoms with Gasteiger partial charge in [0.1, 0.15) is 11.6 Å². The molecule has 0 aliphatic carbocycles. The van der Waals surface area contributed by atoms with E-state index in [1.165, 1.54) is 0 Å². The van der Waals surface area contributed by atoms with Crippen LogP contribution in [0.25, 0.3) is 10.9 Å². The lowest BCUT2D eigenvalue weighted by molar-refractivity contribution is 0.214. The molecule has 0 saturated carbocycles. The molecule has 1 atom stereocenters. The van der Waals surface area contributed by atoms with E-state index < -0.39 is 0 Å². The van der Waals surface area contributed by atoms with Crippen LogP contribution in [-0.2, 0) is 6.54 Å². The zero-order valence-electron chi connectivity index (χ0n) is 14.5. The van der Waals surface area contributed by atoms with Gasteiger partial charge in [0.2, 0.25) is 5.89 Å². The summed E-state index contributed by atoms with van der Waals surface area (Å²) in [5.74, 6) is 2.69. The monoisotopic (exact) mass is 338 g/mol. The molecule has 6 nitrogen and oxygen atoms in total. The molecule has 0 spiro atoms.